The zero-order valence-corrected chi connectivity index (χ0v) is 15.9. The average molecular weight is 362 g/mol. The Bertz CT molecular complexity index is 573. The summed E-state index contributed by atoms with van der Waals surface area (Å²) in [5, 5.41) is 3.08. The number of nitrogens with one attached hydrogen (secondary N) is 1. The molecular formula is C21H32FN3O. The molecule has 0 aromatic heterocycles. The number of piperidine rings is 1. The van der Waals surface area contributed by atoms with E-state index in [2.05, 4.69) is 17.1 Å². The Kier molecular flexibility index (Phi) is 6.89. The summed E-state index contributed by atoms with van der Waals surface area (Å²) in [6, 6.07) is 7.51. The first kappa shape index (κ1) is 19.2. The number of hydrogen-bond acceptors (Lipinski definition) is 2. The standard InChI is InChI=1S/C21H32FN3O/c1-17-6-2-4-14-24(17)15-5-3-13-23-21(26)25(20-11-12-20)16-18-7-9-19(22)10-8-18/h7-10,17,20H,2-6,11-16H2,1H3,(H,23,26). The fourth-order valence-electron chi connectivity index (χ4n) is 3.77. The molecule has 144 valence electrons. The van der Waals surface area contributed by atoms with Crippen LogP contribution in [0.5, 0.6) is 0 Å². The molecule has 4 nitrogen and oxygen atoms in total. The lowest BCUT2D eigenvalue weighted by atomic mass is 10.0. The normalized spacial score (nSPS) is 20.8. The summed E-state index contributed by atoms with van der Waals surface area (Å²) in [4.78, 5) is 17.0. The van der Waals surface area contributed by atoms with E-state index in [4.69, 9.17) is 0 Å². The smallest absolute Gasteiger partial charge is 0.317 e. The zero-order chi connectivity index (χ0) is 18.4. The van der Waals surface area contributed by atoms with Crippen LogP contribution in [0, 0.1) is 5.82 Å². The molecule has 0 spiro atoms. The number of hydrogen-bond donors (Lipinski definition) is 1. The van der Waals surface area contributed by atoms with Gasteiger partial charge in [-0.1, -0.05) is 18.6 Å². The van der Waals surface area contributed by atoms with E-state index in [9.17, 15) is 9.18 Å². The van der Waals surface area contributed by atoms with Crippen molar-refractivity contribution in [2.24, 2.45) is 0 Å². The molecule has 0 bridgehead atoms. The lowest BCUT2D eigenvalue weighted by Crippen LogP contribution is -2.41. The maximum atomic E-state index is 13.1. The molecule has 1 aliphatic carbocycles. The minimum absolute atomic E-state index is 0.0168. The number of carbonyl (C=O) groups is 1. The highest BCUT2D eigenvalue weighted by Gasteiger charge is 2.32. The van der Waals surface area contributed by atoms with Crippen molar-refractivity contribution in [1.29, 1.82) is 0 Å². The molecule has 1 unspecified atom stereocenters. The second-order valence-electron chi connectivity index (χ2n) is 7.81. The predicted octanol–water partition coefficient (Wildman–Crippen LogP) is 4.15. The molecule has 5 heteroatoms. The van der Waals surface area contributed by atoms with Gasteiger partial charge in [0.2, 0.25) is 0 Å². The molecule has 1 aromatic carbocycles. The fourth-order valence-corrected chi connectivity index (χ4v) is 3.77. The van der Waals surface area contributed by atoms with Crippen LogP contribution in [0.4, 0.5) is 9.18 Å². The van der Waals surface area contributed by atoms with Crippen LogP contribution in [0.15, 0.2) is 24.3 Å². The predicted molar refractivity (Wildman–Crippen MR) is 102 cm³/mol. The topological polar surface area (TPSA) is 35.6 Å². The SMILES string of the molecule is CC1CCCCN1CCCCNC(=O)N(Cc1ccc(F)cc1)C1CC1. The van der Waals surface area contributed by atoms with Gasteiger partial charge in [0.15, 0.2) is 0 Å². The van der Waals surface area contributed by atoms with Crippen molar-refractivity contribution >= 4 is 6.03 Å². The van der Waals surface area contributed by atoms with Crippen molar-refractivity contribution in [1.82, 2.24) is 15.1 Å². The molecule has 1 aromatic rings. The van der Waals surface area contributed by atoms with Crippen LogP contribution in [0.1, 0.15) is 57.4 Å². The number of benzene rings is 1. The number of carbonyl (C=O) groups excluding carboxylic acids is 1. The number of amides is 2. The summed E-state index contributed by atoms with van der Waals surface area (Å²) in [6.07, 6.45) is 8.29. The van der Waals surface area contributed by atoms with Crippen LogP contribution in [-0.2, 0) is 6.54 Å². The molecule has 3 rings (SSSR count). The minimum Gasteiger partial charge on any atom is -0.338 e. The molecule has 2 aliphatic rings. The van der Waals surface area contributed by atoms with Gasteiger partial charge in [-0.25, -0.2) is 9.18 Å². The van der Waals surface area contributed by atoms with Crippen molar-refractivity contribution in [3.05, 3.63) is 35.6 Å². The fraction of sp³-hybridized carbons (Fsp3) is 0.667. The lowest BCUT2D eigenvalue weighted by Gasteiger charge is -2.33. The van der Waals surface area contributed by atoms with Crippen LogP contribution < -0.4 is 5.32 Å². The number of nitrogens with zero attached hydrogens (tertiary/aromatic N) is 2. The van der Waals surface area contributed by atoms with E-state index in [0.29, 0.717) is 18.6 Å². The van der Waals surface area contributed by atoms with Crippen molar-refractivity contribution in [2.45, 2.75) is 70.5 Å². The molecule has 1 saturated heterocycles. The van der Waals surface area contributed by atoms with Gasteiger partial charge in [0.05, 0.1) is 0 Å². The van der Waals surface area contributed by atoms with Gasteiger partial charge in [-0.3, -0.25) is 0 Å². The van der Waals surface area contributed by atoms with Crippen LogP contribution in [0.25, 0.3) is 0 Å². The Labute approximate surface area is 156 Å². The second kappa shape index (κ2) is 9.36. The van der Waals surface area contributed by atoms with E-state index in [1.54, 1.807) is 12.1 Å². The van der Waals surface area contributed by atoms with Crippen LogP contribution in [-0.4, -0.2) is 47.5 Å². The minimum atomic E-state index is -0.237. The molecule has 26 heavy (non-hydrogen) atoms. The first-order valence-corrected chi connectivity index (χ1v) is 10.2. The number of likely N-dealkylation sites (tertiary alicyclic amines) is 1. The van der Waals surface area contributed by atoms with E-state index in [1.807, 2.05) is 4.90 Å². The summed E-state index contributed by atoms with van der Waals surface area (Å²) >= 11 is 0. The molecule has 1 saturated carbocycles. The van der Waals surface area contributed by atoms with Crippen molar-refractivity contribution < 1.29 is 9.18 Å². The van der Waals surface area contributed by atoms with Crippen LogP contribution >= 0.6 is 0 Å². The number of unbranched alkanes of at least 4 members (excludes halogenated alkanes) is 1. The lowest BCUT2D eigenvalue weighted by molar-refractivity contribution is 0.157. The van der Waals surface area contributed by atoms with E-state index < -0.39 is 0 Å². The van der Waals surface area contributed by atoms with Gasteiger partial charge in [0, 0.05) is 25.2 Å². The Morgan fingerprint density at radius 1 is 1.19 bits per heavy atom. The van der Waals surface area contributed by atoms with Crippen molar-refractivity contribution in [2.75, 3.05) is 19.6 Å². The van der Waals surface area contributed by atoms with E-state index in [0.717, 1.165) is 44.3 Å². The van der Waals surface area contributed by atoms with Gasteiger partial charge in [-0.2, -0.15) is 0 Å². The molecule has 1 heterocycles. The van der Waals surface area contributed by atoms with Crippen LogP contribution in [0.3, 0.4) is 0 Å². The first-order chi connectivity index (χ1) is 12.6. The Balaban J connectivity index is 1.37. The van der Waals surface area contributed by atoms with E-state index in [1.165, 1.54) is 37.9 Å². The maximum Gasteiger partial charge on any atom is 0.317 e. The first-order valence-electron chi connectivity index (χ1n) is 10.2. The molecule has 2 amide bonds. The zero-order valence-electron chi connectivity index (χ0n) is 15.9. The summed E-state index contributed by atoms with van der Waals surface area (Å²) in [5.74, 6) is -0.237. The summed E-state index contributed by atoms with van der Waals surface area (Å²) in [5.41, 5.74) is 0.979. The van der Waals surface area contributed by atoms with Gasteiger partial charge in [-0.15, -0.1) is 0 Å². The third-order valence-corrected chi connectivity index (χ3v) is 5.60. The average Bonchev–Trinajstić information content (AvgIpc) is 3.47. The largest absolute Gasteiger partial charge is 0.338 e. The monoisotopic (exact) mass is 361 g/mol. The van der Waals surface area contributed by atoms with Gasteiger partial charge in [-0.05, 0) is 76.2 Å². The third-order valence-electron chi connectivity index (χ3n) is 5.60. The Morgan fingerprint density at radius 3 is 2.65 bits per heavy atom. The summed E-state index contributed by atoms with van der Waals surface area (Å²) in [6.45, 7) is 5.97. The number of urea groups is 1. The molecular weight excluding hydrogens is 329 g/mol. The molecule has 1 N–H and O–H groups in total. The Hall–Kier alpha value is -1.62. The Morgan fingerprint density at radius 2 is 1.96 bits per heavy atom. The highest BCUT2D eigenvalue weighted by molar-refractivity contribution is 5.74. The third kappa shape index (κ3) is 5.70. The van der Waals surface area contributed by atoms with E-state index in [-0.39, 0.29) is 11.8 Å². The highest BCUT2D eigenvalue weighted by atomic mass is 19.1. The van der Waals surface area contributed by atoms with Gasteiger partial charge >= 0.3 is 6.03 Å². The quantitative estimate of drug-likeness (QED) is 0.706. The molecule has 1 aliphatic heterocycles. The van der Waals surface area contributed by atoms with Gasteiger partial charge < -0.3 is 15.1 Å². The second-order valence-corrected chi connectivity index (χ2v) is 7.81. The molecule has 1 atom stereocenters. The number of rotatable bonds is 8. The van der Waals surface area contributed by atoms with E-state index >= 15 is 0 Å². The van der Waals surface area contributed by atoms with Gasteiger partial charge in [0.1, 0.15) is 5.82 Å². The molecule has 0 radical (unpaired) electrons. The highest BCUT2D eigenvalue weighted by Crippen LogP contribution is 2.28. The number of halogens is 1. The summed E-state index contributed by atoms with van der Waals surface area (Å²) < 4.78 is 13.1. The van der Waals surface area contributed by atoms with Crippen molar-refractivity contribution in [3.63, 3.8) is 0 Å². The van der Waals surface area contributed by atoms with Crippen molar-refractivity contribution in [3.8, 4) is 0 Å². The maximum absolute atomic E-state index is 13.1. The summed E-state index contributed by atoms with van der Waals surface area (Å²) in [7, 11) is 0. The molecule has 2 fully saturated rings. The van der Waals surface area contributed by atoms with Crippen LogP contribution in [0.2, 0.25) is 0 Å². The van der Waals surface area contributed by atoms with Gasteiger partial charge in [0.25, 0.3) is 0 Å².